The summed E-state index contributed by atoms with van der Waals surface area (Å²) >= 11 is 3.26. The van der Waals surface area contributed by atoms with Crippen LogP contribution in [0.25, 0.3) is 0 Å². The molecular formula is C17H25N3O2S2. The van der Waals surface area contributed by atoms with E-state index in [-0.39, 0.29) is 24.1 Å². The highest BCUT2D eigenvalue weighted by Crippen LogP contribution is 2.35. The number of hydrogen-bond acceptors (Lipinski definition) is 6. The van der Waals surface area contributed by atoms with Crippen LogP contribution in [0.3, 0.4) is 0 Å². The summed E-state index contributed by atoms with van der Waals surface area (Å²) in [5, 5.41) is 12.9. The van der Waals surface area contributed by atoms with Crippen LogP contribution in [0.5, 0.6) is 0 Å². The number of aliphatic imine (C=N–C) groups is 1. The number of hydrogen-bond donors (Lipinski definition) is 3. The fraction of sp³-hybridized carbons (Fsp3) is 0.529. The van der Waals surface area contributed by atoms with Gasteiger partial charge in [0.05, 0.1) is 18.2 Å². The van der Waals surface area contributed by atoms with E-state index in [1.165, 1.54) is 0 Å². The van der Waals surface area contributed by atoms with E-state index in [9.17, 15) is 9.90 Å². The second-order valence-electron chi connectivity index (χ2n) is 6.04. The summed E-state index contributed by atoms with van der Waals surface area (Å²) in [6.45, 7) is 1.99. The fourth-order valence-electron chi connectivity index (χ4n) is 2.63. The molecule has 7 heteroatoms. The Morgan fingerprint density at radius 1 is 1.58 bits per heavy atom. The highest BCUT2D eigenvalue weighted by molar-refractivity contribution is 8.13. The molecule has 1 aliphatic rings. The fourth-order valence-corrected chi connectivity index (χ4v) is 4.12. The van der Waals surface area contributed by atoms with E-state index in [1.54, 1.807) is 29.6 Å². The SMILES string of the molecule is CSCCC(CO)NC(=O)c1cccc(C2(C)CCSC(N)=N2)c1. The van der Waals surface area contributed by atoms with Gasteiger partial charge < -0.3 is 16.2 Å². The third kappa shape index (κ3) is 4.91. The molecule has 1 heterocycles. The van der Waals surface area contributed by atoms with Crippen molar-refractivity contribution in [2.75, 3.05) is 24.4 Å². The first-order valence-electron chi connectivity index (χ1n) is 7.98. The van der Waals surface area contributed by atoms with Crippen LogP contribution in [-0.2, 0) is 5.54 Å². The third-order valence-electron chi connectivity index (χ3n) is 4.17. The van der Waals surface area contributed by atoms with Crippen LogP contribution < -0.4 is 11.1 Å². The molecule has 0 fully saturated rings. The number of aliphatic hydroxyl groups excluding tert-OH is 1. The first-order valence-corrected chi connectivity index (χ1v) is 10.4. The molecule has 0 aliphatic carbocycles. The van der Waals surface area contributed by atoms with E-state index >= 15 is 0 Å². The maximum atomic E-state index is 12.5. The number of thioether (sulfide) groups is 2. The second-order valence-corrected chi connectivity index (χ2v) is 8.14. The molecule has 0 bridgehead atoms. The van der Waals surface area contributed by atoms with Crippen LogP contribution in [0.1, 0.15) is 35.7 Å². The zero-order chi connectivity index (χ0) is 17.6. The Bertz CT molecular complexity index is 609. The average Bonchev–Trinajstić information content (AvgIpc) is 2.58. The minimum atomic E-state index is -0.388. The lowest BCUT2D eigenvalue weighted by Crippen LogP contribution is -2.38. The number of carbonyl (C=O) groups is 1. The molecule has 0 saturated heterocycles. The summed E-state index contributed by atoms with van der Waals surface area (Å²) < 4.78 is 0. The van der Waals surface area contributed by atoms with Crippen LogP contribution in [-0.4, -0.2) is 46.6 Å². The smallest absolute Gasteiger partial charge is 0.251 e. The largest absolute Gasteiger partial charge is 0.394 e. The number of amidine groups is 1. The summed E-state index contributed by atoms with van der Waals surface area (Å²) in [6, 6.07) is 7.31. The molecule has 1 aromatic rings. The van der Waals surface area contributed by atoms with Crippen LogP contribution in [0, 0.1) is 0 Å². The van der Waals surface area contributed by atoms with Crippen LogP contribution in [0.2, 0.25) is 0 Å². The number of rotatable bonds is 7. The van der Waals surface area contributed by atoms with Gasteiger partial charge in [-0.05, 0) is 49.5 Å². The molecule has 2 unspecified atom stereocenters. The summed E-state index contributed by atoms with van der Waals surface area (Å²) in [7, 11) is 0. The maximum Gasteiger partial charge on any atom is 0.251 e. The molecule has 4 N–H and O–H groups in total. The molecule has 5 nitrogen and oxygen atoms in total. The van der Waals surface area contributed by atoms with Gasteiger partial charge in [-0.2, -0.15) is 11.8 Å². The summed E-state index contributed by atoms with van der Waals surface area (Å²) in [5.74, 6) is 1.65. The molecule has 0 aromatic heterocycles. The van der Waals surface area contributed by atoms with Crippen molar-refractivity contribution in [1.82, 2.24) is 5.32 Å². The van der Waals surface area contributed by atoms with Gasteiger partial charge in [-0.3, -0.25) is 9.79 Å². The van der Waals surface area contributed by atoms with E-state index < -0.39 is 0 Å². The van der Waals surface area contributed by atoms with Gasteiger partial charge in [-0.25, -0.2) is 0 Å². The van der Waals surface area contributed by atoms with Crippen molar-refractivity contribution >= 4 is 34.6 Å². The minimum Gasteiger partial charge on any atom is -0.394 e. The maximum absolute atomic E-state index is 12.5. The van der Waals surface area contributed by atoms with Crippen molar-refractivity contribution in [2.45, 2.75) is 31.3 Å². The Hall–Kier alpha value is -1.18. The van der Waals surface area contributed by atoms with Crippen LogP contribution >= 0.6 is 23.5 Å². The molecule has 0 spiro atoms. The number of benzene rings is 1. The van der Waals surface area contributed by atoms with Gasteiger partial charge in [-0.1, -0.05) is 23.9 Å². The second kappa shape index (κ2) is 8.78. The lowest BCUT2D eigenvalue weighted by Gasteiger charge is -2.30. The van der Waals surface area contributed by atoms with Crippen LogP contribution in [0.4, 0.5) is 0 Å². The number of nitrogens with two attached hydrogens (primary N) is 1. The molecule has 1 aromatic carbocycles. The summed E-state index contributed by atoms with van der Waals surface area (Å²) in [5.41, 5.74) is 7.07. The Labute approximate surface area is 151 Å². The van der Waals surface area contributed by atoms with Gasteiger partial charge in [0.2, 0.25) is 0 Å². The normalized spacial score (nSPS) is 21.9. The quantitative estimate of drug-likeness (QED) is 0.688. The molecule has 24 heavy (non-hydrogen) atoms. The zero-order valence-corrected chi connectivity index (χ0v) is 15.8. The van der Waals surface area contributed by atoms with Crippen molar-refractivity contribution in [1.29, 1.82) is 0 Å². The standard InChI is InChI=1S/C17H25N3O2S2/c1-17(7-9-24-16(18)20-17)13-5-3-4-12(10-13)15(22)19-14(11-21)6-8-23-2/h3-5,10,14,21H,6-9,11H2,1-2H3,(H2,18,20)(H,19,22). The highest BCUT2D eigenvalue weighted by Gasteiger charge is 2.30. The summed E-state index contributed by atoms with van der Waals surface area (Å²) in [4.78, 5) is 17.1. The van der Waals surface area contributed by atoms with Crippen molar-refractivity contribution in [3.63, 3.8) is 0 Å². The molecule has 132 valence electrons. The number of nitrogens with one attached hydrogen (secondary N) is 1. The van der Waals surface area contributed by atoms with E-state index in [0.29, 0.717) is 10.7 Å². The Morgan fingerprint density at radius 3 is 3.04 bits per heavy atom. The number of nitrogens with zero attached hydrogens (tertiary/aromatic N) is 1. The van der Waals surface area contributed by atoms with E-state index in [1.807, 2.05) is 31.4 Å². The monoisotopic (exact) mass is 367 g/mol. The molecule has 2 atom stereocenters. The number of amides is 1. The molecule has 0 saturated carbocycles. The molecular weight excluding hydrogens is 342 g/mol. The van der Waals surface area contributed by atoms with Gasteiger partial charge in [0, 0.05) is 11.3 Å². The lowest BCUT2D eigenvalue weighted by molar-refractivity contribution is 0.0915. The molecule has 1 aliphatic heterocycles. The van der Waals surface area contributed by atoms with E-state index in [0.717, 1.165) is 29.9 Å². The van der Waals surface area contributed by atoms with Crippen molar-refractivity contribution in [2.24, 2.45) is 10.7 Å². The van der Waals surface area contributed by atoms with E-state index in [4.69, 9.17) is 5.73 Å². The van der Waals surface area contributed by atoms with Gasteiger partial charge in [0.1, 0.15) is 0 Å². The molecule has 0 radical (unpaired) electrons. The number of aliphatic hydroxyl groups is 1. The predicted molar refractivity (Wildman–Crippen MR) is 104 cm³/mol. The summed E-state index contributed by atoms with van der Waals surface area (Å²) in [6.07, 6.45) is 3.64. The van der Waals surface area contributed by atoms with Crippen molar-refractivity contribution in [3.8, 4) is 0 Å². The topological polar surface area (TPSA) is 87.7 Å². The number of carbonyl (C=O) groups excluding carboxylic acids is 1. The zero-order valence-electron chi connectivity index (χ0n) is 14.1. The van der Waals surface area contributed by atoms with Gasteiger partial charge in [-0.15, -0.1) is 0 Å². The lowest BCUT2D eigenvalue weighted by atomic mass is 9.88. The third-order valence-corrected chi connectivity index (χ3v) is 5.61. The van der Waals surface area contributed by atoms with Crippen molar-refractivity contribution in [3.05, 3.63) is 35.4 Å². The Morgan fingerprint density at radius 2 is 2.38 bits per heavy atom. The first-order chi connectivity index (χ1) is 11.5. The highest BCUT2D eigenvalue weighted by atomic mass is 32.2. The van der Waals surface area contributed by atoms with Gasteiger partial charge in [0.25, 0.3) is 5.91 Å². The first kappa shape index (κ1) is 19.1. The van der Waals surface area contributed by atoms with Crippen LogP contribution in [0.15, 0.2) is 29.3 Å². The Kier molecular flexibility index (Phi) is 7.01. The predicted octanol–water partition coefficient (Wildman–Crippen LogP) is 2.20. The van der Waals surface area contributed by atoms with Crippen molar-refractivity contribution < 1.29 is 9.90 Å². The van der Waals surface area contributed by atoms with Gasteiger partial charge >= 0.3 is 0 Å². The molecule has 1 amide bonds. The average molecular weight is 368 g/mol. The van der Waals surface area contributed by atoms with E-state index in [2.05, 4.69) is 10.3 Å². The molecule has 2 rings (SSSR count). The van der Waals surface area contributed by atoms with Gasteiger partial charge in [0.15, 0.2) is 5.17 Å². The Balaban J connectivity index is 2.15. The minimum absolute atomic E-state index is 0.0538.